The first-order valence-corrected chi connectivity index (χ1v) is 16.1. The van der Waals surface area contributed by atoms with Gasteiger partial charge in [0.1, 0.15) is 0 Å². The maximum absolute atomic E-state index is 4.73. The van der Waals surface area contributed by atoms with E-state index in [2.05, 4.69) is 51.0 Å². The van der Waals surface area contributed by atoms with Gasteiger partial charge in [-0.25, -0.2) is 0 Å². The van der Waals surface area contributed by atoms with Crippen molar-refractivity contribution in [3.63, 3.8) is 0 Å². The van der Waals surface area contributed by atoms with Crippen LogP contribution in [-0.4, -0.2) is 28.3 Å². The summed E-state index contributed by atoms with van der Waals surface area (Å²) in [5, 5.41) is 0. The second-order valence-electron chi connectivity index (χ2n) is 5.07. The quantitative estimate of drug-likeness (QED) is 0.622. The molecule has 0 radical (unpaired) electrons. The Labute approximate surface area is 109 Å². The summed E-state index contributed by atoms with van der Waals surface area (Å²) in [7, 11) is 0. The van der Waals surface area contributed by atoms with Crippen LogP contribution < -0.4 is 3.71 Å². The van der Waals surface area contributed by atoms with Crippen LogP contribution in [0.5, 0.6) is 0 Å². The Balaban J connectivity index is 3.11. The second-order valence-corrected chi connectivity index (χ2v) is 19.4. The number of rotatable bonds is 4. The molecule has 0 saturated carbocycles. The van der Waals surface area contributed by atoms with Crippen LogP contribution in [0.25, 0.3) is 5.57 Å². The zero-order chi connectivity index (χ0) is 12.9. The van der Waals surface area contributed by atoms with Crippen molar-refractivity contribution in [2.75, 3.05) is 0 Å². The standard InChI is InChI=1S/C11H13N2.3CH3.Sn/c1-3-5-7-10(4-2)11-12-8-6-9-13-11;;;;/h4-8H,3H2,1-2H3;3*1H3;/b7-5-,10-4+;;;;. The summed E-state index contributed by atoms with van der Waals surface area (Å²) in [6.45, 7) is 4.17. The van der Waals surface area contributed by atoms with E-state index in [0.717, 1.165) is 17.8 Å². The first-order valence-electron chi connectivity index (χ1n) is 6.15. The average molecular weight is 337 g/mol. The van der Waals surface area contributed by atoms with Crippen LogP contribution in [0.3, 0.4) is 0 Å². The molecule has 0 atom stereocenters. The van der Waals surface area contributed by atoms with E-state index in [1.54, 1.807) is 0 Å². The molecule has 1 rings (SSSR count). The molecule has 0 bridgehead atoms. The Kier molecular flexibility index (Phi) is 5.37. The van der Waals surface area contributed by atoms with E-state index < -0.39 is 18.4 Å². The first-order chi connectivity index (χ1) is 7.99. The van der Waals surface area contributed by atoms with Gasteiger partial charge < -0.3 is 0 Å². The van der Waals surface area contributed by atoms with Crippen molar-refractivity contribution in [2.24, 2.45) is 0 Å². The van der Waals surface area contributed by atoms with Crippen molar-refractivity contribution in [3.8, 4) is 0 Å². The van der Waals surface area contributed by atoms with Crippen molar-refractivity contribution < 1.29 is 0 Å². The summed E-state index contributed by atoms with van der Waals surface area (Å²) in [5.41, 5.74) is 1.12. The SMILES string of the molecule is C/C=C(\C=C/CC)c1ncc[c]([Sn]([CH3])([CH3])[CH3])n1. The zero-order valence-corrected chi connectivity index (χ0v) is 14.3. The first kappa shape index (κ1) is 14.4. The fourth-order valence-electron chi connectivity index (χ4n) is 1.46. The fourth-order valence-corrected chi connectivity index (χ4v) is 4.36. The Morgan fingerprint density at radius 2 is 2.06 bits per heavy atom. The molecule has 0 aromatic carbocycles. The molecule has 1 aromatic heterocycles. The molecule has 0 fully saturated rings. The van der Waals surface area contributed by atoms with Gasteiger partial charge in [-0.1, -0.05) is 0 Å². The molecule has 0 aliphatic rings. The van der Waals surface area contributed by atoms with Crippen LogP contribution in [0.15, 0.2) is 30.5 Å². The van der Waals surface area contributed by atoms with E-state index in [1.165, 1.54) is 3.71 Å². The van der Waals surface area contributed by atoms with Gasteiger partial charge in [0, 0.05) is 0 Å². The van der Waals surface area contributed by atoms with Crippen molar-refractivity contribution in [3.05, 3.63) is 36.3 Å². The minimum atomic E-state index is -2.08. The fraction of sp³-hybridized carbons (Fsp3) is 0.429. The van der Waals surface area contributed by atoms with Gasteiger partial charge in [-0.2, -0.15) is 0 Å². The number of aromatic nitrogens is 2. The van der Waals surface area contributed by atoms with Crippen LogP contribution >= 0.6 is 0 Å². The number of hydrogen-bond donors (Lipinski definition) is 0. The van der Waals surface area contributed by atoms with E-state index in [4.69, 9.17) is 4.98 Å². The molecule has 2 nitrogen and oxygen atoms in total. The van der Waals surface area contributed by atoms with Gasteiger partial charge in [0.15, 0.2) is 0 Å². The summed E-state index contributed by atoms with van der Waals surface area (Å²) in [6, 6.07) is 2.08. The normalized spacial score (nSPS) is 13.4. The Morgan fingerprint density at radius 3 is 2.59 bits per heavy atom. The molecule has 0 amide bonds. The van der Waals surface area contributed by atoms with E-state index >= 15 is 0 Å². The molecular formula is C14H22N2Sn. The third-order valence-corrected chi connectivity index (χ3v) is 7.71. The van der Waals surface area contributed by atoms with E-state index in [1.807, 2.05) is 13.1 Å². The molecule has 17 heavy (non-hydrogen) atoms. The van der Waals surface area contributed by atoms with Crippen molar-refractivity contribution >= 4 is 27.7 Å². The number of hydrogen-bond acceptors (Lipinski definition) is 2. The van der Waals surface area contributed by atoms with Crippen LogP contribution in [0.1, 0.15) is 26.1 Å². The van der Waals surface area contributed by atoms with Gasteiger partial charge in [-0.15, -0.1) is 0 Å². The molecule has 1 heterocycles. The molecule has 0 N–H and O–H groups in total. The summed E-state index contributed by atoms with van der Waals surface area (Å²) in [6.07, 6.45) is 9.26. The van der Waals surface area contributed by atoms with Crippen molar-refractivity contribution in [1.82, 2.24) is 9.97 Å². The summed E-state index contributed by atoms with van der Waals surface area (Å²) in [4.78, 5) is 16.2. The summed E-state index contributed by atoms with van der Waals surface area (Å²) in [5.74, 6) is 0.862. The van der Waals surface area contributed by atoms with Gasteiger partial charge >= 0.3 is 109 Å². The van der Waals surface area contributed by atoms with Gasteiger partial charge in [-0.3, -0.25) is 0 Å². The second kappa shape index (κ2) is 6.33. The minimum absolute atomic E-state index is 0.862. The molecule has 0 aliphatic heterocycles. The number of nitrogens with zero attached hydrogens (tertiary/aromatic N) is 2. The summed E-state index contributed by atoms with van der Waals surface area (Å²) >= 11 is -2.08. The molecule has 3 heteroatoms. The van der Waals surface area contributed by atoms with E-state index in [9.17, 15) is 0 Å². The third-order valence-electron chi connectivity index (χ3n) is 2.53. The molecule has 0 unspecified atom stereocenters. The Bertz CT molecular complexity index is 428. The third kappa shape index (κ3) is 4.26. The van der Waals surface area contributed by atoms with Crippen LogP contribution in [0.2, 0.25) is 14.8 Å². The predicted octanol–water partition coefficient (Wildman–Crippen LogP) is 3.39. The van der Waals surface area contributed by atoms with Crippen LogP contribution in [-0.2, 0) is 0 Å². The molecule has 92 valence electrons. The van der Waals surface area contributed by atoms with E-state index in [-0.39, 0.29) is 0 Å². The van der Waals surface area contributed by atoms with Crippen molar-refractivity contribution in [1.29, 1.82) is 0 Å². The topological polar surface area (TPSA) is 25.8 Å². The number of allylic oxidation sites excluding steroid dienone is 4. The Morgan fingerprint density at radius 1 is 1.35 bits per heavy atom. The average Bonchev–Trinajstić information content (AvgIpc) is 2.29. The molecule has 0 aliphatic carbocycles. The molecular weight excluding hydrogens is 315 g/mol. The van der Waals surface area contributed by atoms with Crippen LogP contribution in [0, 0.1) is 0 Å². The van der Waals surface area contributed by atoms with Crippen LogP contribution in [0.4, 0.5) is 0 Å². The maximum atomic E-state index is 4.73. The van der Waals surface area contributed by atoms with Gasteiger partial charge in [0.25, 0.3) is 0 Å². The Hall–Kier alpha value is -0.641. The molecule has 0 spiro atoms. The predicted molar refractivity (Wildman–Crippen MR) is 78.1 cm³/mol. The summed E-state index contributed by atoms with van der Waals surface area (Å²) < 4.78 is 1.29. The van der Waals surface area contributed by atoms with Gasteiger partial charge in [-0.05, 0) is 0 Å². The zero-order valence-electron chi connectivity index (χ0n) is 11.5. The monoisotopic (exact) mass is 338 g/mol. The van der Waals surface area contributed by atoms with E-state index in [0.29, 0.717) is 0 Å². The van der Waals surface area contributed by atoms with Crippen molar-refractivity contribution in [2.45, 2.75) is 35.1 Å². The molecule has 1 aromatic rings. The molecule has 0 saturated heterocycles. The van der Waals surface area contributed by atoms with Gasteiger partial charge in [0.2, 0.25) is 0 Å². The van der Waals surface area contributed by atoms with Gasteiger partial charge in [0.05, 0.1) is 0 Å².